The van der Waals surface area contributed by atoms with E-state index in [4.69, 9.17) is 0 Å². The fourth-order valence-corrected chi connectivity index (χ4v) is 2.43. The molecule has 2 heterocycles. The summed E-state index contributed by atoms with van der Waals surface area (Å²) in [5.41, 5.74) is 2.93. The molecule has 0 aliphatic heterocycles. The number of rotatable bonds is 2. The van der Waals surface area contributed by atoms with Crippen LogP contribution in [-0.2, 0) is 5.33 Å². The average Bonchev–Trinajstić information content (AvgIpc) is 2.83. The van der Waals surface area contributed by atoms with Crippen molar-refractivity contribution in [2.75, 3.05) is 0 Å². The van der Waals surface area contributed by atoms with Gasteiger partial charge in [0, 0.05) is 9.80 Å². The summed E-state index contributed by atoms with van der Waals surface area (Å²) in [5, 5.41) is 4.96. The van der Waals surface area contributed by atoms with Crippen LogP contribution in [0.25, 0.3) is 16.8 Å². The molecule has 2 aromatic heterocycles. The van der Waals surface area contributed by atoms with Crippen LogP contribution in [0.1, 0.15) is 5.69 Å². The van der Waals surface area contributed by atoms with Crippen molar-refractivity contribution in [2.45, 2.75) is 5.33 Å². The lowest BCUT2D eigenvalue weighted by atomic mass is 10.2. The molecule has 0 fully saturated rings. The standard InChI is InChI=1S/C13H9Br2N3O/c14-6-10-5-12-13(19)16-11(7-18(12)17-10)8-1-3-9(15)4-2-8/h1-5,7H,6H2,(H,16,19). The fraction of sp³-hybridized carbons (Fsp3) is 0.0769. The normalized spacial score (nSPS) is 11.1. The number of hydrogen-bond acceptors (Lipinski definition) is 2. The Labute approximate surface area is 125 Å². The van der Waals surface area contributed by atoms with Crippen molar-refractivity contribution in [1.29, 1.82) is 0 Å². The third kappa shape index (κ3) is 2.37. The van der Waals surface area contributed by atoms with Crippen LogP contribution >= 0.6 is 31.9 Å². The number of halogens is 2. The highest BCUT2D eigenvalue weighted by molar-refractivity contribution is 9.10. The van der Waals surface area contributed by atoms with Gasteiger partial charge in [-0.2, -0.15) is 5.10 Å². The van der Waals surface area contributed by atoms with Crippen molar-refractivity contribution in [2.24, 2.45) is 0 Å². The molecule has 1 N–H and O–H groups in total. The van der Waals surface area contributed by atoms with Crippen molar-refractivity contribution >= 4 is 37.4 Å². The highest BCUT2D eigenvalue weighted by atomic mass is 79.9. The first-order valence-electron chi connectivity index (χ1n) is 5.61. The molecule has 0 atom stereocenters. The number of benzene rings is 1. The van der Waals surface area contributed by atoms with Crippen LogP contribution in [0.3, 0.4) is 0 Å². The zero-order valence-corrected chi connectivity index (χ0v) is 12.9. The molecule has 0 spiro atoms. The lowest BCUT2D eigenvalue weighted by Crippen LogP contribution is -2.10. The fourth-order valence-electron chi connectivity index (χ4n) is 1.90. The molecule has 19 heavy (non-hydrogen) atoms. The number of hydrogen-bond donors (Lipinski definition) is 1. The van der Waals surface area contributed by atoms with Crippen LogP contribution in [0.2, 0.25) is 0 Å². The Bertz CT molecular complexity index is 790. The summed E-state index contributed by atoms with van der Waals surface area (Å²) >= 11 is 6.73. The van der Waals surface area contributed by atoms with E-state index in [1.54, 1.807) is 10.6 Å². The predicted octanol–water partition coefficient (Wildman–Crippen LogP) is 3.35. The average molecular weight is 383 g/mol. The number of aromatic amines is 1. The third-order valence-electron chi connectivity index (χ3n) is 2.81. The van der Waals surface area contributed by atoms with Gasteiger partial charge in [0.05, 0.1) is 17.6 Å². The van der Waals surface area contributed by atoms with Crippen LogP contribution in [0, 0.1) is 0 Å². The first-order valence-corrected chi connectivity index (χ1v) is 7.52. The van der Waals surface area contributed by atoms with E-state index in [2.05, 4.69) is 41.9 Å². The molecule has 1 aromatic carbocycles. The number of nitrogens with zero attached hydrogens (tertiary/aromatic N) is 2. The van der Waals surface area contributed by atoms with Gasteiger partial charge in [-0.05, 0) is 23.8 Å². The largest absolute Gasteiger partial charge is 0.319 e. The Hall–Kier alpha value is -1.40. The minimum absolute atomic E-state index is 0.139. The number of nitrogens with one attached hydrogen (secondary N) is 1. The van der Waals surface area contributed by atoms with E-state index in [0.29, 0.717) is 10.8 Å². The van der Waals surface area contributed by atoms with Gasteiger partial charge in [-0.25, -0.2) is 4.52 Å². The van der Waals surface area contributed by atoms with E-state index < -0.39 is 0 Å². The molecule has 0 unspecified atom stereocenters. The maximum absolute atomic E-state index is 12.0. The van der Waals surface area contributed by atoms with Gasteiger partial charge in [-0.15, -0.1) is 0 Å². The zero-order chi connectivity index (χ0) is 13.4. The molecule has 3 rings (SSSR count). The predicted molar refractivity (Wildman–Crippen MR) is 81.6 cm³/mol. The summed E-state index contributed by atoms with van der Waals surface area (Å²) in [6, 6.07) is 9.53. The smallest absolute Gasteiger partial charge is 0.274 e. The van der Waals surface area contributed by atoms with Gasteiger partial charge < -0.3 is 4.98 Å². The van der Waals surface area contributed by atoms with E-state index in [1.165, 1.54) is 0 Å². The quantitative estimate of drug-likeness (QED) is 0.691. The maximum Gasteiger partial charge on any atom is 0.274 e. The molecule has 0 aliphatic carbocycles. The van der Waals surface area contributed by atoms with Crippen LogP contribution < -0.4 is 5.56 Å². The van der Waals surface area contributed by atoms with Gasteiger partial charge in [0.2, 0.25) is 0 Å². The van der Waals surface area contributed by atoms with E-state index in [0.717, 1.165) is 21.4 Å². The third-order valence-corrected chi connectivity index (χ3v) is 3.91. The van der Waals surface area contributed by atoms with Crippen LogP contribution in [-0.4, -0.2) is 14.6 Å². The first kappa shape index (κ1) is 12.6. The van der Waals surface area contributed by atoms with Crippen molar-refractivity contribution in [3.8, 4) is 11.3 Å². The summed E-state index contributed by atoms with van der Waals surface area (Å²) in [6.45, 7) is 0. The summed E-state index contributed by atoms with van der Waals surface area (Å²) in [6.07, 6.45) is 1.83. The lowest BCUT2D eigenvalue weighted by Gasteiger charge is -2.02. The van der Waals surface area contributed by atoms with Gasteiger partial charge in [-0.1, -0.05) is 44.0 Å². The summed E-state index contributed by atoms with van der Waals surface area (Å²) in [5.74, 6) is 0. The molecule has 0 saturated heterocycles. The second-order valence-electron chi connectivity index (χ2n) is 4.10. The van der Waals surface area contributed by atoms with Crippen LogP contribution in [0.15, 0.2) is 45.8 Å². The van der Waals surface area contributed by atoms with Crippen molar-refractivity contribution in [3.05, 3.63) is 57.0 Å². The maximum atomic E-state index is 12.0. The molecule has 0 saturated carbocycles. The molecule has 6 heteroatoms. The number of H-pyrrole nitrogens is 1. The Balaban J connectivity index is 2.20. The van der Waals surface area contributed by atoms with Crippen molar-refractivity contribution < 1.29 is 0 Å². The molecule has 0 radical (unpaired) electrons. The molecule has 96 valence electrons. The Morgan fingerprint density at radius 3 is 2.68 bits per heavy atom. The molecular weight excluding hydrogens is 374 g/mol. The van der Waals surface area contributed by atoms with Crippen LogP contribution in [0.5, 0.6) is 0 Å². The molecule has 0 amide bonds. The van der Waals surface area contributed by atoms with Crippen molar-refractivity contribution in [1.82, 2.24) is 14.6 Å². The summed E-state index contributed by atoms with van der Waals surface area (Å²) in [7, 11) is 0. The van der Waals surface area contributed by atoms with E-state index in [-0.39, 0.29) is 5.56 Å². The molecule has 0 aliphatic rings. The Kier molecular flexibility index (Phi) is 3.28. The number of alkyl halides is 1. The minimum Gasteiger partial charge on any atom is -0.319 e. The van der Waals surface area contributed by atoms with E-state index in [9.17, 15) is 4.79 Å². The van der Waals surface area contributed by atoms with Gasteiger partial charge >= 0.3 is 0 Å². The summed E-state index contributed by atoms with van der Waals surface area (Å²) < 4.78 is 2.62. The molecular formula is C13H9Br2N3O. The monoisotopic (exact) mass is 381 g/mol. The highest BCUT2D eigenvalue weighted by Gasteiger charge is 2.07. The van der Waals surface area contributed by atoms with Crippen LogP contribution in [0.4, 0.5) is 0 Å². The van der Waals surface area contributed by atoms with Gasteiger partial charge in [-0.3, -0.25) is 4.79 Å². The topological polar surface area (TPSA) is 50.2 Å². The zero-order valence-electron chi connectivity index (χ0n) is 9.73. The van der Waals surface area contributed by atoms with E-state index >= 15 is 0 Å². The second kappa shape index (κ2) is 4.94. The highest BCUT2D eigenvalue weighted by Crippen LogP contribution is 2.19. The van der Waals surface area contributed by atoms with Gasteiger partial charge in [0.1, 0.15) is 5.52 Å². The van der Waals surface area contributed by atoms with Gasteiger partial charge in [0.25, 0.3) is 5.56 Å². The Morgan fingerprint density at radius 1 is 1.26 bits per heavy atom. The first-order chi connectivity index (χ1) is 9.17. The Morgan fingerprint density at radius 2 is 2.00 bits per heavy atom. The SMILES string of the molecule is O=c1[nH]c(-c2ccc(Br)cc2)cn2nc(CBr)cc12. The minimum atomic E-state index is -0.139. The lowest BCUT2D eigenvalue weighted by molar-refractivity contribution is 0.914. The molecule has 4 nitrogen and oxygen atoms in total. The van der Waals surface area contributed by atoms with E-state index in [1.807, 2.05) is 30.5 Å². The number of fused-ring (bicyclic) bond motifs is 1. The molecule has 3 aromatic rings. The van der Waals surface area contributed by atoms with Crippen molar-refractivity contribution in [3.63, 3.8) is 0 Å². The van der Waals surface area contributed by atoms with Gasteiger partial charge in [0.15, 0.2) is 0 Å². The molecule has 0 bridgehead atoms. The number of aromatic nitrogens is 3. The summed E-state index contributed by atoms with van der Waals surface area (Å²) in [4.78, 5) is 14.9. The second-order valence-corrected chi connectivity index (χ2v) is 5.58.